The Kier molecular flexibility index (Phi) is 2.35. The zero-order chi connectivity index (χ0) is 10.1. The molecule has 0 fully saturated rings. The van der Waals surface area contributed by atoms with E-state index in [-0.39, 0.29) is 6.04 Å². The normalized spacial score (nSPS) is 13.1. The Hall–Kier alpha value is -1.20. The van der Waals surface area contributed by atoms with Crippen LogP contribution in [0.3, 0.4) is 0 Å². The first-order valence-corrected chi connectivity index (χ1v) is 5.14. The second kappa shape index (κ2) is 3.51. The molecule has 5 heteroatoms. The van der Waals surface area contributed by atoms with E-state index in [1.165, 1.54) is 4.88 Å². The Morgan fingerprint density at radius 2 is 2.21 bits per heavy atom. The van der Waals surface area contributed by atoms with Crippen LogP contribution in [-0.4, -0.2) is 10.2 Å². The molecule has 0 bridgehead atoms. The van der Waals surface area contributed by atoms with E-state index in [0.29, 0.717) is 11.8 Å². The summed E-state index contributed by atoms with van der Waals surface area (Å²) in [5, 5.41) is 7.80. The number of nitrogens with two attached hydrogens (primary N) is 1. The number of nitrogens with zero attached hydrogens (tertiary/aromatic N) is 2. The van der Waals surface area contributed by atoms with Gasteiger partial charge in [0.15, 0.2) is 0 Å². The topological polar surface area (TPSA) is 64.9 Å². The van der Waals surface area contributed by atoms with Gasteiger partial charge in [-0.3, -0.25) is 0 Å². The number of hydrogen-bond donors (Lipinski definition) is 1. The van der Waals surface area contributed by atoms with E-state index in [9.17, 15) is 0 Å². The molecule has 0 saturated carbocycles. The van der Waals surface area contributed by atoms with E-state index in [4.69, 9.17) is 10.2 Å². The van der Waals surface area contributed by atoms with Gasteiger partial charge in [0.2, 0.25) is 5.89 Å². The van der Waals surface area contributed by atoms with Crippen LogP contribution >= 0.6 is 11.3 Å². The summed E-state index contributed by atoms with van der Waals surface area (Å²) >= 11 is 1.63. The Morgan fingerprint density at radius 1 is 1.43 bits per heavy atom. The number of aryl methyl sites for hydroxylation is 1. The highest BCUT2D eigenvalue weighted by Crippen LogP contribution is 2.27. The van der Waals surface area contributed by atoms with Crippen molar-refractivity contribution < 1.29 is 4.42 Å². The highest BCUT2D eigenvalue weighted by molar-refractivity contribution is 7.15. The maximum absolute atomic E-state index is 5.62. The highest BCUT2D eigenvalue weighted by atomic mass is 32.1. The number of aromatic nitrogens is 2. The molecule has 0 amide bonds. The maximum atomic E-state index is 5.62. The molecule has 0 saturated heterocycles. The molecule has 2 aromatic rings. The summed E-state index contributed by atoms with van der Waals surface area (Å²) in [4.78, 5) is 2.21. The maximum Gasteiger partial charge on any atom is 0.257 e. The van der Waals surface area contributed by atoms with Gasteiger partial charge in [-0.1, -0.05) is 0 Å². The summed E-state index contributed by atoms with van der Waals surface area (Å²) < 4.78 is 5.41. The van der Waals surface area contributed by atoms with Gasteiger partial charge in [0.05, 0.1) is 10.9 Å². The summed E-state index contributed by atoms with van der Waals surface area (Å²) in [5.41, 5.74) is 5.62. The van der Waals surface area contributed by atoms with Gasteiger partial charge < -0.3 is 10.2 Å². The largest absolute Gasteiger partial charge is 0.418 e. The lowest BCUT2D eigenvalue weighted by molar-refractivity contribution is 0.474. The molecule has 0 aromatic carbocycles. The molecule has 74 valence electrons. The number of hydrogen-bond acceptors (Lipinski definition) is 5. The predicted octanol–water partition coefficient (Wildman–Crippen LogP) is 2.13. The van der Waals surface area contributed by atoms with Gasteiger partial charge >= 0.3 is 0 Å². The lowest BCUT2D eigenvalue weighted by Crippen LogP contribution is -2.04. The minimum atomic E-state index is -0.211. The SMILES string of the molecule is Cc1ccc(-c2nnc([C@H](C)N)o2)s1. The third-order valence-corrected chi connectivity index (χ3v) is 2.77. The lowest BCUT2D eigenvalue weighted by Gasteiger charge is -1.94. The fourth-order valence-corrected chi connectivity index (χ4v) is 1.86. The van der Waals surface area contributed by atoms with E-state index in [2.05, 4.69) is 10.2 Å². The molecule has 2 aromatic heterocycles. The fraction of sp³-hybridized carbons (Fsp3) is 0.333. The average Bonchev–Trinajstić information content (AvgIpc) is 2.70. The van der Waals surface area contributed by atoms with Crippen LogP contribution in [0.1, 0.15) is 23.7 Å². The van der Waals surface area contributed by atoms with E-state index in [1.54, 1.807) is 11.3 Å². The quantitative estimate of drug-likeness (QED) is 0.822. The van der Waals surface area contributed by atoms with Crippen molar-refractivity contribution in [1.82, 2.24) is 10.2 Å². The van der Waals surface area contributed by atoms with Gasteiger partial charge in [-0.2, -0.15) is 0 Å². The van der Waals surface area contributed by atoms with E-state index in [0.717, 1.165) is 4.88 Å². The standard InChI is InChI=1S/C9H11N3OS/c1-5-3-4-7(14-5)9-12-11-8(13-9)6(2)10/h3-4,6H,10H2,1-2H3/t6-/m0/s1. The predicted molar refractivity (Wildman–Crippen MR) is 55.0 cm³/mol. The number of rotatable bonds is 2. The van der Waals surface area contributed by atoms with Crippen LogP contribution in [0, 0.1) is 6.92 Å². The molecular weight excluding hydrogens is 198 g/mol. The molecule has 1 atom stereocenters. The van der Waals surface area contributed by atoms with Crippen molar-refractivity contribution in [3.05, 3.63) is 22.9 Å². The molecule has 0 radical (unpaired) electrons. The molecule has 2 N–H and O–H groups in total. The van der Waals surface area contributed by atoms with Crippen molar-refractivity contribution in [2.45, 2.75) is 19.9 Å². The van der Waals surface area contributed by atoms with Crippen LogP contribution in [0.2, 0.25) is 0 Å². The van der Waals surface area contributed by atoms with E-state index < -0.39 is 0 Å². The van der Waals surface area contributed by atoms with Crippen molar-refractivity contribution in [2.75, 3.05) is 0 Å². The molecule has 0 spiro atoms. The second-order valence-electron chi connectivity index (χ2n) is 3.14. The van der Waals surface area contributed by atoms with Gasteiger partial charge in [0.25, 0.3) is 5.89 Å². The molecule has 0 aliphatic rings. The Bertz CT molecular complexity index is 433. The van der Waals surface area contributed by atoms with Crippen molar-refractivity contribution in [3.8, 4) is 10.8 Å². The van der Waals surface area contributed by atoms with Crippen LogP contribution < -0.4 is 5.73 Å². The first kappa shape index (κ1) is 9.36. The third-order valence-electron chi connectivity index (χ3n) is 1.78. The van der Waals surface area contributed by atoms with E-state index in [1.807, 2.05) is 26.0 Å². The van der Waals surface area contributed by atoms with E-state index >= 15 is 0 Å². The summed E-state index contributed by atoms with van der Waals surface area (Å²) in [6, 6.07) is 3.78. The molecule has 14 heavy (non-hydrogen) atoms. The summed E-state index contributed by atoms with van der Waals surface area (Å²) in [7, 11) is 0. The summed E-state index contributed by atoms with van der Waals surface area (Å²) in [6.45, 7) is 3.86. The van der Waals surface area contributed by atoms with Crippen molar-refractivity contribution in [1.29, 1.82) is 0 Å². The smallest absolute Gasteiger partial charge is 0.257 e. The zero-order valence-corrected chi connectivity index (χ0v) is 8.84. The minimum absolute atomic E-state index is 0.211. The van der Waals surface area contributed by atoms with Gasteiger partial charge in [0, 0.05) is 4.88 Å². The fourth-order valence-electron chi connectivity index (χ4n) is 1.07. The Labute approximate surface area is 85.8 Å². The molecular formula is C9H11N3OS. The molecule has 0 aliphatic heterocycles. The van der Waals surface area contributed by atoms with Crippen LogP contribution in [0.4, 0.5) is 0 Å². The first-order valence-electron chi connectivity index (χ1n) is 4.32. The lowest BCUT2D eigenvalue weighted by atomic mass is 10.4. The van der Waals surface area contributed by atoms with Gasteiger partial charge in [-0.05, 0) is 26.0 Å². The zero-order valence-electron chi connectivity index (χ0n) is 8.02. The van der Waals surface area contributed by atoms with Crippen LogP contribution in [-0.2, 0) is 0 Å². The van der Waals surface area contributed by atoms with Crippen molar-refractivity contribution in [2.24, 2.45) is 5.73 Å². The molecule has 4 nitrogen and oxygen atoms in total. The van der Waals surface area contributed by atoms with Crippen molar-refractivity contribution in [3.63, 3.8) is 0 Å². The monoisotopic (exact) mass is 209 g/mol. The minimum Gasteiger partial charge on any atom is -0.418 e. The molecule has 2 rings (SSSR count). The summed E-state index contributed by atoms with van der Waals surface area (Å²) in [6.07, 6.45) is 0. The average molecular weight is 209 g/mol. The van der Waals surface area contributed by atoms with Crippen LogP contribution in [0.15, 0.2) is 16.5 Å². The van der Waals surface area contributed by atoms with Crippen LogP contribution in [0.5, 0.6) is 0 Å². The molecule has 0 unspecified atom stereocenters. The third kappa shape index (κ3) is 1.69. The second-order valence-corrected chi connectivity index (χ2v) is 4.43. The first-order chi connectivity index (χ1) is 6.66. The van der Waals surface area contributed by atoms with Gasteiger partial charge in [0.1, 0.15) is 0 Å². The Balaban J connectivity index is 2.33. The van der Waals surface area contributed by atoms with Crippen molar-refractivity contribution >= 4 is 11.3 Å². The van der Waals surface area contributed by atoms with Crippen LogP contribution in [0.25, 0.3) is 10.8 Å². The molecule has 2 heterocycles. The van der Waals surface area contributed by atoms with Gasteiger partial charge in [-0.25, -0.2) is 0 Å². The highest BCUT2D eigenvalue weighted by Gasteiger charge is 2.12. The van der Waals surface area contributed by atoms with Gasteiger partial charge in [-0.15, -0.1) is 21.5 Å². The summed E-state index contributed by atoms with van der Waals surface area (Å²) in [5.74, 6) is 1.03. The number of thiophene rings is 1. The Morgan fingerprint density at radius 3 is 2.71 bits per heavy atom. The molecule has 0 aliphatic carbocycles.